The highest BCUT2D eigenvalue weighted by Crippen LogP contribution is 2.25. The zero-order chi connectivity index (χ0) is 14.4. The zero-order valence-electron chi connectivity index (χ0n) is 11.2. The Morgan fingerprint density at radius 1 is 1.30 bits per heavy atom. The van der Waals surface area contributed by atoms with Crippen molar-refractivity contribution in [2.75, 3.05) is 13.7 Å². The van der Waals surface area contributed by atoms with E-state index in [4.69, 9.17) is 9.84 Å². The van der Waals surface area contributed by atoms with E-state index >= 15 is 0 Å². The summed E-state index contributed by atoms with van der Waals surface area (Å²) in [6, 6.07) is 9.06. The molecule has 104 valence electrons. The third-order valence-electron chi connectivity index (χ3n) is 2.87. The molecular formula is C16H16FNO2. The fourth-order valence-electron chi connectivity index (χ4n) is 1.82. The van der Waals surface area contributed by atoms with Gasteiger partial charge in [0.2, 0.25) is 5.88 Å². The van der Waals surface area contributed by atoms with Crippen molar-refractivity contribution >= 4 is 6.08 Å². The zero-order valence-corrected chi connectivity index (χ0v) is 11.2. The number of hydrogen-bond acceptors (Lipinski definition) is 3. The summed E-state index contributed by atoms with van der Waals surface area (Å²) in [7, 11) is 1.50. The van der Waals surface area contributed by atoms with Crippen molar-refractivity contribution in [1.82, 2.24) is 4.98 Å². The fourth-order valence-corrected chi connectivity index (χ4v) is 1.82. The van der Waals surface area contributed by atoms with Crippen LogP contribution in [0.15, 0.2) is 42.6 Å². The summed E-state index contributed by atoms with van der Waals surface area (Å²) < 4.78 is 18.8. The molecule has 1 aromatic heterocycles. The number of hydrogen-bond donors (Lipinski definition) is 1. The second-order valence-electron chi connectivity index (χ2n) is 4.24. The Hall–Kier alpha value is -2.20. The van der Waals surface area contributed by atoms with Gasteiger partial charge in [-0.2, -0.15) is 0 Å². The van der Waals surface area contributed by atoms with E-state index in [9.17, 15) is 4.39 Å². The lowest BCUT2D eigenvalue weighted by molar-refractivity contribution is 0.303. The van der Waals surface area contributed by atoms with Crippen molar-refractivity contribution in [3.05, 3.63) is 54.0 Å². The van der Waals surface area contributed by atoms with Crippen LogP contribution >= 0.6 is 0 Å². The van der Waals surface area contributed by atoms with Crippen LogP contribution in [0.5, 0.6) is 5.88 Å². The molecule has 0 bridgehead atoms. The first-order chi connectivity index (χ1) is 9.74. The van der Waals surface area contributed by atoms with Crippen LogP contribution in [0.3, 0.4) is 0 Å². The molecule has 0 aliphatic carbocycles. The summed E-state index contributed by atoms with van der Waals surface area (Å²) in [5, 5.41) is 8.71. The first kappa shape index (κ1) is 14.2. The topological polar surface area (TPSA) is 42.4 Å². The van der Waals surface area contributed by atoms with Crippen LogP contribution in [0, 0.1) is 5.82 Å². The number of aliphatic hydroxyl groups excluding tert-OH is 1. The highest BCUT2D eigenvalue weighted by atomic mass is 19.1. The summed E-state index contributed by atoms with van der Waals surface area (Å²) in [4.78, 5) is 3.82. The maximum Gasteiger partial charge on any atom is 0.213 e. The van der Waals surface area contributed by atoms with Gasteiger partial charge in [-0.25, -0.2) is 9.37 Å². The quantitative estimate of drug-likeness (QED) is 0.909. The number of aromatic nitrogens is 1. The number of halogens is 1. The molecule has 0 amide bonds. The lowest BCUT2D eigenvalue weighted by atomic mass is 10.0. The highest BCUT2D eigenvalue weighted by molar-refractivity contribution is 5.66. The molecule has 3 nitrogen and oxygen atoms in total. The summed E-state index contributed by atoms with van der Waals surface area (Å²) in [6.45, 7) is 0.136. The van der Waals surface area contributed by atoms with Crippen molar-refractivity contribution in [3.8, 4) is 17.0 Å². The number of aliphatic hydroxyl groups is 1. The Morgan fingerprint density at radius 3 is 2.70 bits per heavy atom. The van der Waals surface area contributed by atoms with Crippen molar-refractivity contribution in [1.29, 1.82) is 0 Å². The maximum absolute atomic E-state index is 13.8. The number of rotatable bonds is 5. The van der Waals surface area contributed by atoms with Crippen molar-refractivity contribution in [2.45, 2.75) is 6.42 Å². The molecule has 0 aliphatic rings. The molecule has 0 aliphatic heterocycles. The molecule has 0 saturated heterocycles. The van der Waals surface area contributed by atoms with Gasteiger partial charge in [-0.05, 0) is 17.5 Å². The minimum atomic E-state index is -0.380. The molecule has 1 N–H and O–H groups in total. The van der Waals surface area contributed by atoms with Gasteiger partial charge in [-0.3, -0.25) is 0 Å². The van der Waals surface area contributed by atoms with Crippen LogP contribution in [0.4, 0.5) is 4.39 Å². The lowest BCUT2D eigenvalue weighted by Gasteiger charge is -2.06. The minimum absolute atomic E-state index is 0.136. The van der Waals surface area contributed by atoms with Gasteiger partial charge in [-0.1, -0.05) is 36.4 Å². The Balaban J connectivity index is 2.25. The number of benzene rings is 1. The molecule has 1 heterocycles. The minimum Gasteiger partial charge on any atom is -0.481 e. The molecule has 0 saturated carbocycles. The Kier molecular flexibility index (Phi) is 4.85. The first-order valence-electron chi connectivity index (χ1n) is 6.32. The van der Waals surface area contributed by atoms with E-state index in [1.807, 2.05) is 36.4 Å². The Bertz CT molecular complexity index is 594. The van der Waals surface area contributed by atoms with E-state index in [-0.39, 0.29) is 12.4 Å². The number of pyridine rings is 1. The monoisotopic (exact) mass is 273 g/mol. The van der Waals surface area contributed by atoms with E-state index in [0.717, 1.165) is 17.3 Å². The van der Waals surface area contributed by atoms with Crippen molar-refractivity contribution in [3.63, 3.8) is 0 Å². The summed E-state index contributed by atoms with van der Waals surface area (Å²) in [5.41, 5.74) is 2.23. The standard InChI is InChI=1S/C16H16FNO2/c1-20-16-10-14(15(17)11-18-16)13-7-5-12(6-8-13)4-2-3-9-19/h2,4-8,10-11,19H,3,9H2,1H3. The fraction of sp³-hybridized carbons (Fsp3) is 0.188. The average molecular weight is 273 g/mol. The number of ether oxygens (including phenoxy) is 1. The van der Waals surface area contributed by atoms with Crippen LogP contribution in [0.25, 0.3) is 17.2 Å². The molecule has 2 rings (SSSR count). The predicted octanol–water partition coefficient (Wildman–Crippen LogP) is 3.29. The van der Waals surface area contributed by atoms with E-state index < -0.39 is 0 Å². The van der Waals surface area contributed by atoms with Crippen LogP contribution in [0.1, 0.15) is 12.0 Å². The number of methoxy groups -OCH3 is 1. The van der Waals surface area contributed by atoms with Gasteiger partial charge in [-0.15, -0.1) is 0 Å². The van der Waals surface area contributed by atoms with Gasteiger partial charge >= 0.3 is 0 Å². The molecule has 1 aromatic carbocycles. The Labute approximate surface area is 117 Å². The smallest absolute Gasteiger partial charge is 0.213 e. The first-order valence-corrected chi connectivity index (χ1v) is 6.32. The molecule has 0 fully saturated rings. The highest BCUT2D eigenvalue weighted by Gasteiger charge is 2.07. The summed E-state index contributed by atoms with van der Waals surface area (Å²) in [6.07, 6.45) is 5.59. The molecule has 0 atom stereocenters. The molecule has 0 radical (unpaired) electrons. The van der Waals surface area contributed by atoms with Crippen LogP contribution in [0.2, 0.25) is 0 Å². The van der Waals surface area contributed by atoms with E-state index in [1.54, 1.807) is 6.07 Å². The molecular weight excluding hydrogens is 257 g/mol. The molecule has 4 heteroatoms. The van der Waals surface area contributed by atoms with Crippen LogP contribution in [-0.4, -0.2) is 23.8 Å². The van der Waals surface area contributed by atoms with Gasteiger partial charge in [0, 0.05) is 18.2 Å². The second-order valence-corrected chi connectivity index (χ2v) is 4.24. The van der Waals surface area contributed by atoms with Crippen LogP contribution < -0.4 is 4.74 Å². The summed E-state index contributed by atoms with van der Waals surface area (Å²) >= 11 is 0. The largest absolute Gasteiger partial charge is 0.481 e. The number of nitrogens with zero attached hydrogens (tertiary/aromatic N) is 1. The molecule has 0 unspecified atom stereocenters. The third kappa shape index (κ3) is 3.42. The maximum atomic E-state index is 13.8. The normalized spacial score (nSPS) is 10.9. The molecule has 0 spiro atoms. The third-order valence-corrected chi connectivity index (χ3v) is 2.87. The van der Waals surface area contributed by atoms with Crippen molar-refractivity contribution in [2.24, 2.45) is 0 Å². The van der Waals surface area contributed by atoms with Gasteiger partial charge in [0.1, 0.15) is 5.82 Å². The molecule has 20 heavy (non-hydrogen) atoms. The van der Waals surface area contributed by atoms with Gasteiger partial charge in [0.15, 0.2) is 0 Å². The Morgan fingerprint density at radius 2 is 2.05 bits per heavy atom. The van der Waals surface area contributed by atoms with Crippen LogP contribution in [-0.2, 0) is 0 Å². The van der Waals surface area contributed by atoms with E-state index in [2.05, 4.69) is 4.98 Å². The van der Waals surface area contributed by atoms with Gasteiger partial charge in [0.25, 0.3) is 0 Å². The predicted molar refractivity (Wildman–Crippen MR) is 76.9 cm³/mol. The van der Waals surface area contributed by atoms with Gasteiger partial charge in [0.05, 0.1) is 13.3 Å². The lowest BCUT2D eigenvalue weighted by Crippen LogP contribution is -1.91. The van der Waals surface area contributed by atoms with E-state index in [0.29, 0.717) is 17.9 Å². The second kappa shape index (κ2) is 6.82. The molecule has 2 aromatic rings. The van der Waals surface area contributed by atoms with Crippen molar-refractivity contribution < 1.29 is 14.2 Å². The van der Waals surface area contributed by atoms with Gasteiger partial charge < -0.3 is 9.84 Å². The van der Waals surface area contributed by atoms with E-state index in [1.165, 1.54) is 7.11 Å². The average Bonchev–Trinajstić information content (AvgIpc) is 2.49. The SMILES string of the molecule is COc1cc(-c2ccc(C=CCCO)cc2)c(F)cn1. The summed E-state index contributed by atoms with van der Waals surface area (Å²) in [5.74, 6) is 0.00249.